The van der Waals surface area contributed by atoms with Crippen molar-refractivity contribution in [1.82, 2.24) is 10.6 Å². The molecule has 0 aromatic heterocycles. The number of primary amides is 1. The van der Waals surface area contributed by atoms with Gasteiger partial charge in [0.25, 0.3) is 5.91 Å². The van der Waals surface area contributed by atoms with Crippen LogP contribution in [-0.4, -0.2) is 19.0 Å². The second-order valence-corrected chi connectivity index (χ2v) is 2.08. The summed E-state index contributed by atoms with van der Waals surface area (Å²) < 4.78 is 0. The minimum atomic E-state index is -0.603. The summed E-state index contributed by atoms with van der Waals surface area (Å²) >= 11 is 0. The minimum absolute atomic E-state index is 0.179. The van der Waals surface area contributed by atoms with Gasteiger partial charge in [-0.1, -0.05) is 0 Å². The number of amides is 1. The molecule has 5 nitrogen and oxygen atoms in total. The Hall–Kier alpha value is -1.70. The fourth-order valence-corrected chi connectivity index (χ4v) is 0.858. The molecule has 0 atom stereocenters. The molecule has 0 saturated carbocycles. The Labute approximate surface area is 63.9 Å². The van der Waals surface area contributed by atoms with E-state index in [9.17, 15) is 4.79 Å². The van der Waals surface area contributed by atoms with Crippen molar-refractivity contribution in [2.24, 2.45) is 5.73 Å². The van der Waals surface area contributed by atoms with Crippen LogP contribution in [0, 0.1) is 11.3 Å². The van der Waals surface area contributed by atoms with E-state index < -0.39 is 5.91 Å². The van der Waals surface area contributed by atoms with Crippen LogP contribution in [0.4, 0.5) is 0 Å². The van der Waals surface area contributed by atoms with E-state index in [0.717, 1.165) is 0 Å². The van der Waals surface area contributed by atoms with E-state index in [2.05, 4.69) is 10.6 Å². The van der Waals surface area contributed by atoms with Gasteiger partial charge in [0.2, 0.25) is 0 Å². The maximum absolute atomic E-state index is 10.6. The van der Waals surface area contributed by atoms with Gasteiger partial charge in [-0.25, -0.2) is 0 Å². The third-order valence-corrected chi connectivity index (χ3v) is 1.34. The maximum Gasteiger partial charge on any atom is 0.267 e. The van der Waals surface area contributed by atoms with Crippen LogP contribution in [0.5, 0.6) is 0 Å². The van der Waals surface area contributed by atoms with Crippen molar-refractivity contribution in [3.05, 3.63) is 11.4 Å². The number of carbonyl (C=O) groups excluding carboxylic acids is 1. The summed E-state index contributed by atoms with van der Waals surface area (Å²) in [4.78, 5) is 10.6. The first kappa shape index (κ1) is 7.41. The van der Waals surface area contributed by atoms with E-state index in [4.69, 9.17) is 11.0 Å². The SMILES string of the molecule is N#CC1=C(C(N)=O)NCCN1. The molecule has 5 heteroatoms. The number of nitrogens with zero attached hydrogens (tertiary/aromatic N) is 1. The van der Waals surface area contributed by atoms with E-state index in [-0.39, 0.29) is 11.4 Å². The molecule has 58 valence electrons. The van der Waals surface area contributed by atoms with Crippen molar-refractivity contribution >= 4 is 5.91 Å². The van der Waals surface area contributed by atoms with Crippen LogP contribution in [0.3, 0.4) is 0 Å². The molecule has 1 aliphatic heterocycles. The summed E-state index contributed by atoms with van der Waals surface area (Å²) in [6.07, 6.45) is 0. The molecule has 0 saturated heterocycles. The maximum atomic E-state index is 10.6. The molecule has 1 heterocycles. The Morgan fingerprint density at radius 1 is 1.55 bits per heavy atom. The van der Waals surface area contributed by atoms with Crippen LogP contribution in [0.1, 0.15) is 0 Å². The van der Waals surface area contributed by atoms with Gasteiger partial charge in [-0.05, 0) is 0 Å². The van der Waals surface area contributed by atoms with E-state index in [1.807, 2.05) is 6.07 Å². The summed E-state index contributed by atoms with van der Waals surface area (Å²) in [7, 11) is 0. The van der Waals surface area contributed by atoms with E-state index >= 15 is 0 Å². The van der Waals surface area contributed by atoms with Gasteiger partial charge in [0.1, 0.15) is 17.5 Å². The number of nitrogens with one attached hydrogen (secondary N) is 2. The van der Waals surface area contributed by atoms with Crippen LogP contribution in [-0.2, 0) is 4.79 Å². The fraction of sp³-hybridized carbons (Fsp3) is 0.333. The highest BCUT2D eigenvalue weighted by Crippen LogP contribution is 1.98. The summed E-state index contributed by atoms with van der Waals surface area (Å²) in [6.45, 7) is 1.25. The molecule has 1 rings (SSSR count). The van der Waals surface area contributed by atoms with Gasteiger partial charge >= 0.3 is 0 Å². The van der Waals surface area contributed by atoms with Crippen LogP contribution >= 0.6 is 0 Å². The number of rotatable bonds is 1. The molecule has 0 bridgehead atoms. The molecule has 0 aromatic rings. The van der Waals surface area contributed by atoms with Crippen LogP contribution in [0.25, 0.3) is 0 Å². The second-order valence-electron chi connectivity index (χ2n) is 2.08. The second kappa shape index (κ2) is 2.92. The lowest BCUT2D eigenvalue weighted by Gasteiger charge is -2.16. The molecule has 0 aliphatic carbocycles. The van der Waals surface area contributed by atoms with Crippen molar-refractivity contribution in [1.29, 1.82) is 5.26 Å². The third-order valence-electron chi connectivity index (χ3n) is 1.34. The molecule has 1 amide bonds. The largest absolute Gasteiger partial charge is 0.377 e. The summed E-state index contributed by atoms with van der Waals surface area (Å²) in [5, 5.41) is 14.0. The highest BCUT2D eigenvalue weighted by Gasteiger charge is 2.14. The zero-order valence-electron chi connectivity index (χ0n) is 5.85. The molecule has 0 radical (unpaired) electrons. The first-order valence-corrected chi connectivity index (χ1v) is 3.17. The Bertz CT molecular complexity index is 250. The lowest BCUT2D eigenvalue weighted by molar-refractivity contribution is -0.115. The number of nitriles is 1. The molecular formula is C6H8N4O. The summed E-state index contributed by atoms with van der Waals surface area (Å²) in [6, 6.07) is 1.84. The standard InChI is InChI=1S/C6H8N4O/c7-3-4-5(6(8)11)10-2-1-9-4/h9-10H,1-2H2,(H2,8,11). The molecule has 0 spiro atoms. The first-order valence-electron chi connectivity index (χ1n) is 3.17. The molecule has 0 fully saturated rings. The van der Waals surface area contributed by atoms with Gasteiger partial charge in [-0.3, -0.25) is 4.79 Å². The minimum Gasteiger partial charge on any atom is -0.377 e. The number of allylic oxidation sites excluding steroid dienone is 1. The molecule has 11 heavy (non-hydrogen) atoms. The predicted octanol–water partition coefficient (Wildman–Crippen LogP) is -1.60. The number of nitrogens with two attached hydrogens (primary N) is 1. The average molecular weight is 152 g/mol. The Morgan fingerprint density at radius 2 is 2.18 bits per heavy atom. The fourth-order valence-electron chi connectivity index (χ4n) is 0.858. The quantitative estimate of drug-likeness (QED) is 0.422. The Balaban J connectivity index is 2.93. The number of carbonyl (C=O) groups is 1. The van der Waals surface area contributed by atoms with Crippen molar-refractivity contribution in [3.63, 3.8) is 0 Å². The molecule has 4 N–H and O–H groups in total. The molecule has 0 unspecified atom stereocenters. The zero-order chi connectivity index (χ0) is 8.27. The molecule has 0 aromatic carbocycles. The predicted molar refractivity (Wildman–Crippen MR) is 37.8 cm³/mol. The lowest BCUT2D eigenvalue weighted by Crippen LogP contribution is -2.40. The monoisotopic (exact) mass is 152 g/mol. The van der Waals surface area contributed by atoms with Gasteiger partial charge in [-0.15, -0.1) is 0 Å². The number of hydrogen-bond donors (Lipinski definition) is 3. The summed E-state index contributed by atoms with van der Waals surface area (Å²) in [5.74, 6) is -0.603. The van der Waals surface area contributed by atoms with Gasteiger partial charge in [0, 0.05) is 13.1 Å². The number of hydrogen-bond acceptors (Lipinski definition) is 4. The van der Waals surface area contributed by atoms with Crippen LogP contribution in [0.15, 0.2) is 11.4 Å². The topological polar surface area (TPSA) is 90.9 Å². The van der Waals surface area contributed by atoms with Crippen molar-refractivity contribution in [2.45, 2.75) is 0 Å². The van der Waals surface area contributed by atoms with Gasteiger partial charge < -0.3 is 16.4 Å². The van der Waals surface area contributed by atoms with Crippen molar-refractivity contribution < 1.29 is 4.79 Å². The van der Waals surface area contributed by atoms with E-state index in [1.54, 1.807) is 0 Å². The van der Waals surface area contributed by atoms with Crippen molar-refractivity contribution in [2.75, 3.05) is 13.1 Å². The van der Waals surface area contributed by atoms with Crippen molar-refractivity contribution in [3.8, 4) is 6.07 Å². The van der Waals surface area contributed by atoms with Crippen LogP contribution < -0.4 is 16.4 Å². The highest BCUT2D eigenvalue weighted by molar-refractivity contribution is 5.92. The molecule has 1 aliphatic rings. The van der Waals surface area contributed by atoms with E-state index in [1.165, 1.54) is 0 Å². The lowest BCUT2D eigenvalue weighted by atomic mass is 10.2. The van der Waals surface area contributed by atoms with Crippen LogP contribution in [0.2, 0.25) is 0 Å². The Kier molecular flexibility index (Phi) is 1.97. The van der Waals surface area contributed by atoms with Gasteiger partial charge in [-0.2, -0.15) is 5.26 Å². The average Bonchev–Trinajstić information content (AvgIpc) is 2.04. The van der Waals surface area contributed by atoms with Gasteiger partial charge in [0.05, 0.1) is 0 Å². The van der Waals surface area contributed by atoms with Gasteiger partial charge in [0.15, 0.2) is 0 Å². The summed E-state index contributed by atoms with van der Waals surface area (Å²) in [5.41, 5.74) is 5.39. The highest BCUT2D eigenvalue weighted by atomic mass is 16.1. The molecular weight excluding hydrogens is 144 g/mol. The normalized spacial score (nSPS) is 16.3. The zero-order valence-corrected chi connectivity index (χ0v) is 5.85. The van der Waals surface area contributed by atoms with E-state index in [0.29, 0.717) is 13.1 Å². The first-order chi connectivity index (χ1) is 5.25. The smallest absolute Gasteiger partial charge is 0.267 e. The third kappa shape index (κ3) is 1.41. The Morgan fingerprint density at radius 3 is 2.64 bits per heavy atom.